The van der Waals surface area contributed by atoms with Gasteiger partial charge in [0.05, 0.1) is 6.10 Å². The van der Waals surface area contributed by atoms with Gasteiger partial charge in [0.2, 0.25) is 0 Å². The van der Waals surface area contributed by atoms with Crippen molar-refractivity contribution in [1.82, 2.24) is 9.88 Å². The van der Waals surface area contributed by atoms with Gasteiger partial charge >= 0.3 is 0 Å². The van der Waals surface area contributed by atoms with Gasteiger partial charge in [-0.3, -0.25) is 5.32 Å². The highest BCUT2D eigenvalue weighted by Gasteiger charge is 2.40. The Bertz CT molecular complexity index is 864. The van der Waals surface area contributed by atoms with Crippen LogP contribution in [0.15, 0.2) is 66.9 Å². The van der Waals surface area contributed by atoms with Crippen molar-refractivity contribution in [3.05, 3.63) is 72.4 Å². The van der Waals surface area contributed by atoms with E-state index in [2.05, 4.69) is 70.7 Å². The van der Waals surface area contributed by atoms with E-state index in [-0.39, 0.29) is 0 Å². The van der Waals surface area contributed by atoms with E-state index in [0.717, 1.165) is 17.6 Å². The molecule has 3 heteroatoms. The van der Waals surface area contributed by atoms with Crippen molar-refractivity contribution >= 4 is 10.9 Å². The molecule has 0 bridgehead atoms. The molecule has 0 amide bonds. The molecule has 0 aliphatic heterocycles. The number of nitrogens with zero attached hydrogens (tertiary/aromatic N) is 1. The average Bonchev–Trinajstić information content (AvgIpc) is 3.15. The van der Waals surface area contributed by atoms with E-state index in [1.165, 1.54) is 37.5 Å². The smallest absolute Gasteiger partial charge is 0.147 e. The topological polar surface area (TPSA) is 37.2 Å². The van der Waals surface area contributed by atoms with Crippen LogP contribution in [-0.4, -0.2) is 22.3 Å². The Morgan fingerprint density at radius 3 is 2.44 bits per heavy atom. The maximum absolute atomic E-state index is 11.1. The van der Waals surface area contributed by atoms with Crippen molar-refractivity contribution in [2.45, 2.75) is 50.8 Å². The number of benzene rings is 2. The number of fused-ring (bicyclic) bond motifs is 1. The maximum atomic E-state index is 11.1. The number of aromatic nitrogens is 1. The summed E-state index contributed by atoms with van der Waals surface area (Å²) in [5.41, 5.74) is 1.55. The van der Waals surface area contributed by atoms with Crippen LogP contribution in [-0.2, 0) is 5.66 Å². The second-order valence-corrected chi connectivity index (χ2v) is 7.94. The summed E-state index contributed by atoms with van der Waals surface area (Å²) in [6.45, 7) is 2.82. The second kappa shape index (κ2) is 7.87. The standard InChI is InChI=1S/C24H30N2O/c1-19(27)24(22-13-6-3-7-14-22,25-18-20-10-4-2-5-11-20)26-17-16-21-12-8-9-15-23(21)26/h3,6-9,12-17,19-20,25,27H,2,4-5,10-11,18H2,1H3. The Balaban J connectivity index is 1.80. The summed E-state index contributed by atoms with van der Waals surface area (Å²) in [7, 11) is 0. The van der Waals surface area contributed by atoms with Crippen LogP contribution in [0.5, 0.6) is 0 Å². The summed E-state index contributed by atoms with van der Waals surface area (Å²) in [4.78, 5) is 0. The van der Waals surface area contributed by atoms with E-state index in [9.17, 15) is 5.11 Å². The van der Waals surface area contributed by atoms with E-state index >= 15 is 0 Å². The largest absolute Gasteiger partial charge is 0.389 e. The lowest BCUT2D eigenvalue weighted by atomic mass is 9.87. The molecule has 0 spiro atoms. The summed E-state index contributed by atoms with van der Waals surface area (Å²) in [5.74, 6) is 0.683. The number of aliphatic hydroxyl groups excluding tert-OH is 1. The molecule has 1 aliphatic rings. The highest BCUT2D eigenvalue weighted by molar-refractivity contribution is 5.80. The first-order valence-electron chi connectivity index (χ1n) is 10.3. The molecule has 1 aliphatic carbocycles. The Kier molecular flexibility index (Phi) is 5.33. The molecule has 27 heavy (non-hydrogen) atoms. The molecule has 4 rings (SSSR count). The number of hydrogen-bond acceptors (Lipinski definition) is 2. The molecular weight excluding hydrogens is 332 g/mol. The van der Waals surface area contributed by atoms with Crippen LogP contribution in [0.4, 0.5) is 0 Å². The van der Waals surface area contributed by atoms with Gasteiger partial charge in [-0.1, -0.05) is 67.8 Å². The Morgan fingerprint density at radius 1 is 1.00 bits per heavy atom. The van der Waals surface area contributed by atoms with Crippen LogP contribution in [0.1, 0.15) is 44.6 Å². The quantitative estimate of drug-likeness (QED) is 0.655. The predicted molar refractivity (Wildman–Crippen MR) is 112 cm³/mol. The summed E-state index contributed by atoms with van der Waals surface area (Å²) >= 11 is 0. The number of aliphatic hydroxyl groups is 1. The minimum absolute atomic E-state index is 0.584. The van der Waals surface area contributed by atoms with Crippen molar-refractivity contribution in [2.75, 3.05) is 6.54 Å². The highest BCUT2D eigenvalue weighted by Crippen LogP contribution is 2.33. The number of nitrogens with one attached hydrogen (secondary N) is 1. The zero-order valence-corrected chi connectivity index (χ0v) is 16.1. The van der Waals surface area contributed by atoms with Crippen molar-refractivity contribution in [2.24, 2.45) is 5.92 Å². The summed E-state index contributed by atoms with van der Waals surface area (Å²) in [6.07, 6.45) is 8.10. The van der Waals surface area contributed by atoms with Crippen molar-refractivity contribution in [3.8, 4) is 0 Å². The van der Waals surface area contributed by atoms with Gasteiger partial charge in [0.1, 0.15) is 5.66 Å². The van der Waals surface area contributed by atoms with Crippen LogP contribution in [0.2, 0.25) is 0 Å². The Labute approximate surface area is 162 Å². The molecule has 1 saturated carbocycles. The summed E-state index contributed by atoms with van der Waals surface area (Å²) in [5, 5.41) is 16.1. The fourth-order valence-electron chi connectivity index (χ4n) is 4.69. The van der Waals surface area contributed by atoms with E-state index in [0.29, 0.717) is 5.92 Å². The van der Waals surface area contributed by atoms with Gasteiger partial charge in [0, 0.05) is 18.3 Å². The minimum atomic E-state index is -0.679. The lowest BCUT2D eigenvalue weighted by Gasteiger charge is -2.41. The van der Waals surface area contributed by atoms with E-state index in [1.807, 2.05) is 13.0 Å². The summed E-state index contributed by atoms with van der Waals surface area (Å²) < 4.78 is 2.23. The molecule has 2 atom stereocenters. The van der Waals surface area contributed by atoms with Gasteiger partial charge in [-0.15, -0.1) is 0 Å². The van der Waals surface area contributed by atoms with Gasteiger partial charge in [-0.25, -0.2) is 0 Å². The molecule has 2 N–H and O–H groups in total. The fourth-order valence-corrected chi connectivity index (χ4v) is 4.69. The molecule has 0 radical (unpaired) electrons. The molecule has 142 valence electrons. The lowest BCUT2D eigenvalue weighted by Crippen LogP contribution is -2.57. The van der Waals surface area contributed by atoms with E-state index in [4.69, 9.17) is 0 Å². The van der Waals surface area contributed by atoms with Crippen LogP contribution in [0.3, 0.4) is 0 Å². The van der Waals surface area contributed by atoms with Gasteiger partial charge in [0.15, 0.2) is 0 Å². The number of hydrogen-bond donors (Lipinski definition) is 2. The van der Waals surface area contributed by atoms with Crippen LogP contribution in [0.25, 0.3) is 10.9 Å². The van der Waals surface area contributed by atoms with Crippen molar-refractivity contribution in [3.63, 3.8) is 0 Å². The number of rotatable bonds is 6. The molecular formula is C24H30N2O. The van der Waals surface area contributed by atoms with Crippen LogP contribution >= 0.6 is 0 Å². The van der Waals surface area contributed by atoms with Crippen molar-refractivity contribution < 1.29 is 5.11 Å². The third-order valence-electron chi connectivity index (χ3n) is 6.18. The minimum Gasteiger partial charge on any atom is -0.389 e. The fraction of sp³-hybridized carbons (Fsp3) is 0.417. The molecule has 1 aromatic heterocycles. The third kappa shape index (κ3) is 3.42. The normalized spacial score (nSPS) is 19.0. The molecule has 3 aromatic rings. The molecule has 2 unspecified atom stereocenters. The van der Waals surface area contributed by atoms with Gasteiger partial charge in [-0.05, 0) is 48.8 Å². The molecule has 2 aromatic carbocycles. The maximum Gasteiger partial charge on any atom is 0.147 e. The average molecular weight is 363 g/mol. The first kappa shape index (κ1) is 18.3. The van der Waals surface area contributed by atoms with Crippen LogP contribution in [0, 0.1) is 5.92 Å². The Hall–Kier alpha value is -2.10. The first-order valence-corrected chi connectivity index (χ1v) is 10.3. The Morgan fingerprint density at radius 2 is 1.70 bits per heavy atom. The van der Waals surface area contributed by atoms with E-state index < -0.39 is 11.8 Å². The lowest BCUT2D eigenvalue weighted by molar-refractivity contribution is 0.0487. The number of para-hydroxylation sites is 1. The predicted octanol–water partition coefficient (Wildman–Crippen LogP) is 4.89. The zero-order valence-electron chi connectivity index (χ0n) is 16.1. The van der Waals surface area contributed by atoms with Crippen LogP contribution < -0.4 is 5.32 Å². The van der Waals surface area contributed by atoms with Crippen molar-refractivity contribution in [1.29, 1.82) is 0 Å². The summed E-state index contributed by atoms with van der Waals surface area (Å²) in [6, 6.07) is 20.9. The molecule has 3 nitrogen and oxygen atoms in total. The van der Waals surface area contributed by atoms with E-state index in [1.54, 1.807) is 0 Å². The van der Waals surface area contributed by atoms with Gasteiger partial charge in [0.25, 0.3) is 0 Å². The first-order chi connectivity index (χ1) is 13.2. The molecule has 1 fully saturated rings. The highest BCUT2D eigenvalue weighted by atomic mass is 16.3. The third-order valence-corrected chi connectivity index (χ3v) is 6.18. The van der Waals surface area contributed by atoms with Gasteiger partial charge < -0.3 is 9.67 Å². The molecule has 0 saturated heterocycles. The SMILES string of the molecule is CC(O)C(NCC1CCCCC1)(c1ccccc1)n1ccc2ccccc21. The molecule has 1 heterocycles. The second-order valence-electron chi connectivity index (χ2n) is 7.94. The zero-order chi connectivity index (χ0) is 18.7. The monoisotopic (exact) mass is 362 g/mol. The van der Waals surface area contributed by atoms with Gasteiger partial charge in [-0.2, -0.15) is 0 Å².